The highest BCUT2D eigenvalue weighted by Gasteiger charge is 2.07. The summed E-state index contributed by atoms with van der Waals surface area (Å²) in [6.07, 6.45) is -0.993. The summed E-state index contributed by atoms with van der Waals surface area (Å²) in [6.45, 7) is 4.67. The quantitative estimate of drug-likeness (QED) is 0.132. The molecule has 56 valence electrons. The molecule has 0 aromatic heterocycles. The molecule has 0 aromatic rings. The van der Waals surface area contributed by atoms with E-state index in [9.17, 15) is 9.59 Å². The zero-order valence-electron chi connectivity index (χ0n) is 5.51. The van der Waals surface area contributed by atoms with Crippen LogP contribution in [-0.2, 0) is 9.53 Å². The third kappa shape index (κ3) is 2.83. The molecular weight excluding hydrogens is 136 g/mol. The fourth-order valence-electron chi connectivity index (χ4n) is 0.201. The van der Waals surface area contributed by atoms with Crippen molar-refractivity contribution in [2.45, 2.75) is 6.92 Å². The van der Waals surface area contributed by atoms with Gasteiger partial charge in [-0.1, -0.05) is 6.58 Å². The summed E-state index contributed by atoms with van der Waals surface area (Å²) in [7, 11) is 0. The Labute approximate surface area is 57.8 Å². The Morgan fingerprint density at radius 1 is 1.60 bits per heavy atom. The molecule has 0 atom stereocenters. The number of hydrazine groups is 1. The van der Waals surface area contributed by atoms with Crippen molar-refractivity contribution < 1.29 is 14.3 Å². The van der Waals surface area contributed by atoms with E-state index in [1.807, 2.05) is 0 Å². The molecule has 0 aliphatic heterocycles. The molecule has 0 unspecified atom stereocenters. The lowest BCUT2D eigenvalue weighted by Gasteiger charge is -1.98. The lowest BCUT2D eigenvalue weighted by atomic mass is 10.4. The van der Waals surface area contributed by atoms with Gasteiger partial charge in [0.15, 0.2) is 0 Å². The average molecular weight is 144 g/mol. The van der Waals surface area contributed by atoms with Gasteiger partial charge in [0.2, 0.25) is 0 Å². The van der Waals surface area contributed by atoms with Crippen LogP contribution in [0.4, 0.5) is 4.79 Å². The van der Waals surface area contributed by atoms with Crippen molar-refractivity contribution in [1.82, 2.24) is 5.43 Å². The molecule has 0 aliphatic carbocycles. The molecule has 0 bridgehead atoms. The van der Waals surface area contributed by atoms with Gasteiger partial charge in [0.05, 0.1) is 0 Å². The molecule has 0 spiro atoms. The number of rotatable bonds is 1. The van der Waals surface area contributed by atoms with Gasteiger partial charge in [0.25, 0.3) is 0 Å². The third-order valence-corrected chi connectivity index (χ3v) is 0.652. The number of hydrogen-bond donors (Lipinski definition) is 2. The van der Waals surface area contributed by atoms with Crippen molar-refractivity contribution in [1.29, 1.82) is 0 Å². The Balaban J connectivity index is 3.80. The summed E-state index contributed by atoms with van der Waals surface area (Å²) in [5, 5.41) is 0. The first kappa shape index (κ1) is 8.64. The average Bonchev–Trinajstić information content (AvgIpc) is 1.87. The van der Waals surface area contributed by atoms with E-state index in [-0.39, 0.29) is 5.57 Å². The van der Waals surface area contributed by atoms with Crippen LogP contribution in [0.25, 0.3) is 0 Å². The zero-order chi connectivity index (χ0) is 8.15. The topological polar surface area (TPSA) is 81.4 Å². The SMILES string of the molecule is C=C(C)C(=O)OC(=O)NN. The Kier molecular flexibility index (Phi) is 3.13. The van der Waals surface area contributed by atoms with Crippen LogP contribution < -0.4 is 11.3 Å². The lowest BCUT2D eigenvalue weighted by Crippen LogP contribution is -2.32. The van der Waals surface area contributed by atoms with Gasteiger partial charge < -0.3 is 4.74 Å². The molecule has 5 nitrogen and oxygen atoms in total. The summed E-state index contributed by atoms with van der Waals surface area (Å²) in [5.41, 5.74) is 1.77. The summed E-state index contributed by atoms with van der Waals surface area (Å²) in [6, 6.07) is 0. The van der Waals surface area contributed by atoms with Gasteiger partial charge >= 0.3 is 12.1 Å². The number of carbonyl (C=O) groups excluding carboxylic acids is 2. The first-order valence-corrected chi connectivity index (χ1v) is 2.46. The monoisotopic (exact) mass is 144 g/mol. The molecule has 0 saturated heterocycles. The van der Waals surface area contributed by atoms with Crippen molar-refractivity contribution in [3.8, 4) is 0 Å². The molecule has 0 radical (unpaired) electrons. The van der Waals surface area contributed by atoms with Crippen LogP contribution in [-0.4, -0.2) is 12.1 Å². The van der Waals surface area contributed by atoms with Crippen LogP contribution in [0.1, 0.15) is 6.92 Å². The Hall–Kier alpha value is -1.36. The van der Waals surface area contributed by atoms with Gasteiger partial charge in [-0.3, -0.25) is 5.43 Å². The second-order valence-corrected chi connectivity index (χ2v) is 1.60. The highest BCUT2D eigenvalue weighted by molar-refractivity contribution is 5.94. The van der Waals surface area contributed by atoms with E-state index in [1.54, 1.807) is 5.43 Å². The van der Waals surface area contributed by atoms with Gasteiger partial charge in [-0.15, -0.1) is 0 Å². The Bertz CT molecular complexity index is 176. The Morgan fingerprint density at radius 3 is 2.40 bits per heavy atom. The third-order valence-electron chi connectivity index (χ3n) is 0.652. The normalized spacial score (nSPS) is 8.20. The molecule has 0 aromatic carbocycles. The van der Waals surface area contributed by atoms with Crippen molar-refractivity contribution in [2.24, 2.45) is 5.84 Å². The van der Waals surface area contributed by atoms with E-state index in [4.69, 9.17) is 0 Å². The van der Waals surface area contributed by atoms with E-state index in [2.05, 4.69) is 17.2 Å². The molecule has 0 rings (SSSR count). The van der Waals surface area contributed by atoms with Crippen LogP contribution in [0.15, 0.2) is 12.2 Å². The van der Waals surface area contributed by atoms with E-state index in [0.717, 1.165) is 0 Å². The zero-order valence-corrected chi connectivity index (χ0v) is 5.51. The first-order valence-electron chi connectivity index (χ1n) is 2.46. The first-order chi connectivity index (χ1) is 4.57. The van der Waals surface area contributed by atoms with Gasteiger partial charge in [0, 0.05) is 5.57 Å². The van der Waals surface area contributed by atoms with E-state index < -0.39 is 12.1 Å². The molecule has 10 heavy (non-hydrogen) atoms. The summed E-state index contributed by atoms with van der Waals surface area (Å²) in [4.78, 5) is 20.7. The second kappa shape index (κ2) is 3.62. The minimum atomic E-state index is -0.993. The fraction of sp³-hybridized carbons (Fsp3) is 0.200. The molecule has 1 amide bonds. The Morgan fingerprint density at radius 2 is 2.10 bits per heavy atom. The van der Waals surface area contributed by atoms with Crippen molar-refractivity contribution in [3.63, 3.8) is 0 Å². The summed E-state index contributed by atoms with van der Waals surface area (Å²) >= 11 is 0. The van der Waals surface area contributed by atoms with Crippen LogP contribution in [0.3, 0.4) is 0 Å². The fourth-order valence-corrected chi connectivity index (χ4v) is 0.201. The van der Waals surface area contributed by atoms with Gasteiger partial charge in [-0.05, 0) is 6.92 Å². The number of esters is 1. The maximum absolute atomic E-state index is 10.5. The van der Waals surface area contributed by atoms with Crippen molar-refractivity contribution >= 4 is 12.1 Å². The van der Waals surface area contributed by atoms with E-state index >= 15 is 0 Å². The second-order valence-electron chi connectivity index (χ2n) is 1.60. The minimum Gasteiger partial charge on any atom is -0.372 e. The summed E-state index contributed by atoms with van der Waals surface area (Å²) < 4.78 is 4.05. The maximum atomic E-state index is 10.5. The number of carbonyl (C=O) groups is 2. The maximum Gasteiger partial charge on any atom is 0.429 e. The predicted octanol–water partition coefficient (Wildman–Crippen LogP) is -0.311. The number of nitrogens with two attached hydrogens (primary N) is 1. The predicted molar refractivity (Wildman–Crippen MR) is 33.6 cm³/mol. The van der Waals surface area contributed by atoms with Crippen molar-refractivity contribution in [2.75, 3.05) is 0 Å². The molecule has 0 saturated carbocycles. The number of ether oxygens (including phenoxy) is 1. The summed E-state index contributed by atoms with van der Waals surface area (Å²) in [5.74, 6) is 3.83. The van der Waals surface area contributed by atoms with Gasteiger partial charge in [-0.2, -0.15) is 0 Å². The molecule has 5 heteroatoms. The number of hydrogen-bond acceptors (Lipinski definition) is 4. The van der Waals surface area contributed by atoms with E-state index in [0.29, 0.717) is 0 Å². The molecule has 0 heterocycles. The molecular formula is C5H8N2O3. The van der Waals surface area contributed by atoms with Gasteiger partial charge in [-0.25, -0.2) is 15.4 Å². The minimum absolute atomic E-state index is 0.142. The molecule has 0 aliphatic rings. The largest absolute Gasteiger partial charge is 0.429 e. The molecule has 3 N–H and O–H groups in total. The number of amides is 1. The van der Waals surface area contributed by atoms with Crippen molar-refractivity contribution in [3.05, 3.63) is 12.2 Å². The van der Waals surface area contributed by atoms with Gasteiger partial charge in [0.1, 0.15) is 0 Å². The van der Waals surface area contributed by atoms with Crippen LogP contribution >= 0.6 is 0 Å². The van der Waals surface area contributed by atoms with E-state index in [1.165, 1.54) is 6.92 Å². The standard InChI is InChI=1S/C5H8N2O3/c1-3(2)4(8)10-5(9)7-6/h1,6H2,2H3,(H,7,9). The van der Waals surface area contributed by atoms with Crippen LogP contribution in [0.5, 0.6) is 0 Å². The smallest absolute Gasteiger partial charge is 0.372 e. The van der Waals surface area contributed by atoms with Crippen LogP contribution in [0, 0.1) is 0 Å². The molecule has 0 fully saturated rings. The highest BCUT2D eigenvalue weighted by atomic mass is 16.6. The number of nitrogens with one attached hydrogen (secondary N) is 1. The highest BCUT2D eigenvalue weighted by Crippen LogP contribution is 1.90. The lowest BCUT2D eigenvalue weighted by molar-refractivity contribution is -0.132. The van der Waals surface area contributed by atoms with Crippen LogP contribution in [0.2, 0.25) is 0 Å².